The highest BCUT2D eigenvalue weighted by Crippen LogP contribution is 1.85. The molecule has 4 nitrogen and oxygen atoms in total. The Morgan fingerprint density at radius 3 is 2.22 bits per heavy atom. The van der Waals surface area contributed by atoms with Crippen LogP contribution in [0.15, 0.2) is 0 Å². The number of hydrogen-bond acceptors (Lipinski definition) is 4. The summed E-state index contributed by atoms with van der Waals surface area (Å²) in [7, 11) is 0. The molecule has 0 rings (SSSR count). The van der Waals surface area contributed by atoms with Crippen LogP contribution < -0.4 is 11.9 Å². The van der Waals surface area contributed by atoms with Gasteiger partial charge in [0.15, 0.2) is 0 Å². The lowest BCUT2D eigenvalue weighted by Crippen LogP contribution is -2.20. The highest BCUT2D eigenvalue weighted by Gasteiger charge is 1.99. The molecule has 0 spiro atoms. The third kappa shape index (κ3) is 7.39. The van der Waals surface area contributed by atoms with Crippen molar-refractivity contribution in [3.05, 3.63) is 0 Å². The molecule has 0 aliphatic heterocycles. The van der Waals surface area contributed by atoms with Gasteiger partial charge in [-0.2, -0.15) is 0 Å². The minimum atomic E-state index is -0.347. The van der Waals surface area contributed by atoms with Crippen LogP contribution in [0.2, 0.25) is 0 Å². The molecule has 0 fully saturated rings. The monoisotopic (exact) mass is 134 g/mol. The number of carbonyl (C=O) groups is 1. The van der Waals surface area contributed by atoms with Gasteiger partial charge in [-0.25, -0.2) is 0 Å². The molecule has 56 valence electrons. The molecule has 0 aromatic heterocycles. The van der Waals surface area contributed by atoms with Crippen LogP contribution in [0.3, 0.4) is 0 Å². The lowest BCUT2D eigenvalue weighted by atomic mass is 10.5. The summed E-state index contributed by atoms with van der Waals surface area (Å²) in [6.07, 6.45) is -0.0500. The molecule has 0 heterocycles. The molecule has 0 aromatic carbocycles. The maximum atomic E-state index is 10.3. The Balaban J connectivity index is 0. The van der Waals surface area contributed by atoms with Crippen molar-refractivity contribution in [1.82, 2.24) is 6.15 Å². The summed E-state index contributed by atoms with van der Waals surface area (Å²) in [4.78, 5) is 10.3. The van der Waals surface area contributed by atoms with Crippen molar-refractivity contribution >= 4 is 5.97 Å². The third-order valence-electron chi connectivity index (χ3n) is 0.534. The summed E-state index contributed by atoms with van der Waals surface area (Å²) in [6, 6.07) is 0. The van der Waals surface area contributed by atoms with Gasteiger partial charge in [-0.15, -0.1) is 0 Å². The second-order valence-corrected chi connectivity index (χ2v) is 1.74. The van der Waals surface area contributed by atoms with E-state index in [-0.39, 0.29) is 24.8 Å². The van der Waals surface area contributed by atoms with E-state index in [9.17, 15) is 4.79 Å². The average molecular weight is 134 g/mol. The van der Waals surface area contributed by atoms with E-state index in [0.29, 0.717) is 0 Å². The van der Waals surface area contributed by atoms with E-state index < -0.39 is 0 Å². The number of esters is 1. The van der Waals surface area contributed by atoms with Gasteiger partial charge in [0, 0.05) is 0 Å². The van der Waals surface area contributed by atoms with E-state index in [0.717, 1.165) is 0 Å². The molecule has 9 heavy (non-hydrogen) atoms. The lowest BCUT2D eigenvalue weighted by Gasteiger charge is -2.04. The molecule has 4 heteroatoms. The number of carbonyl (C=O) groups excluding carboxylic acids is 1. The number of hydrogen-bond donors (Lipinski definition) is 2. The highest BCUT2D eigenvalue weighted by molar-refractivity contribution is 5.71. The quantitative estimate of drug-likeness (QED) is 0.523. The normalized spacial score (nSPS) is 8.44. The van der Waals surface area contributed by atoms with Crippen LogP contribution in [0, 0.1) is 0 Å². The maximum Gasteiger partial charge on any atom is 0.319 e. The zero-order valence-electron chi connectivity index (χ0n) is 5.89. The van der Waals surface area contributed by atoms with Crippen molar-refractivity contribution in [2.45, 2.75) is 20.0 Å². The molecule has 0 aliphatic rings. The Bertz CT molecular complexity index is 83.0. The molecule has 0 amide bonds. The van der Waals surface area contributed by atoms with Gasteiger partial charge in [0.1, 0.15) is 0 Å². The molecular weight excluding hydrogens is 120 g/mol. The van der Waals surface area contributed by atoms with E-state index in [1.807, 2.05) is 0 Å². The first-order chi connectivity index (χ1) is 3.66. The van der Waals surface area contributed by atoms with E-state index in [1.54, 1.807) is 13.8 Å². The topological polar surface area (TPSA) is 87.3 Å². The largest absolute Gasteiger partial charge is 0.462 e. The molecule has 0 aliphatic carbocycles. The molecular formula is C5H14N2O2. The molecule has 0 atom stereocenters. The van der Waals surface area contributed by atoms with E-state index in [1.165, 1.54) is 0 Å². The van der Waals surface area contributed by atoms with Crippen LogP contribution in [0.25, 0.3) is 0 Å². The molecule has 0 radical (unpaired) electrons. The fraction of sp³-hybridized carbons (Fsp3) is 0.800. The number of nitrogens with two attached hydrogens (primary N) is 1. The summed E-state index contributed by atoms with van der Waals surface area (Å²) in [5, 5.41) is 0. The van der Waals surface area contributed by atoms with Crippen LogP contribution >= 0.6 is 0 Å². The van der Waals surface area contributed by atoms with Crippen molar-refractivity contribution in [2.24, 2.45) is 5.73 Å². The summed E-state index contributed by atoms with van der Waals surface area (Å²) >= 11 is 0. The Kier molecular flexibility index (Phi) is 6.89. The first-order valence-corrected chi connectivity index (χ1v) is 2.56. The van der Waals surface area contributed by atoms with Crippen molar-refractivity contribution in [1.29, 1.82) is 0 Å². The fourth-order valence-corrected chi connectivity index (χ4v) is 0.311. The highest BCUT2D eigenvalue weighted by atomic mass is 16.5. The Hall–Kier alpha value is -0.610. The molecule has 0 saturated heterocycles. The Labute approximate surface area is 54.9 Å². The summed E-state index contributed by atoms with van der Waals surface area (Å²) in [5.41, 5.74) is 4.95. The van der Waals surface area contributed by atoms with E-state index in [2.05, 4.69) is 4.74 Å². The van der Waals surface area contributed by atoms with Gasteiger partial charge in [0.2, 0.25) is 0 Å². The fourth-order valence-electron chi connectivity index (χ4n) is 0.311. The van der Waals surface area contributed by atoms with Gasteiger partial charge in [-0.05, 0) is 13.8 Å². The smallest absolute Gasteiger partial charge is 0.319 e. The second kappa shape index (κ2) is 5.53. The van der Waals surface area contributed by atoms with E-state index in [4.69, 9.17) is 5.73 Å². The average Bonchev–Trinajstić information content (AvgIpc) is 1.65. The number of rotatable bonds is 2. The molecule has 5 N–H and O–H groups in total. The van der Waals surface area contributed by atoms with Crippen LogP contribution in [-0.2, 0) is 9.53 Å². The number of ether oxygens (including phenoxy) is 1. The predicted octanol–water partition coefficient (Wildman–Crippen LogP) is 0.0587. The van der Waals surface area contributed by atoms with Gasteiger partial charge in [0.25, 0.3) is 0 Å². The third-order valence-corrected chi connectivity index (χ3v) is 0.534. The zero-order chi connectivity index (χ0) is 6.57. The predicted molar refractivity (Wildman–Crippen MR) is 35.3 cm³/mol. The standard InChI is InChI=1S/C5H11NO2.H3N/c1-4(2)8-5(7)3-6;/h4H,3,6H2,1-2H3;1H3. The van der Waals surface area contributed by atoms with Gasteiger partial charge in [0.05, 0.1) is 12.6 Å². The van der Waals surface area contributed by atoms with Crippen LogP contribution in [0.4, 0.5) is 0 Å². The van der Waals surface area contributed by atoms with Crippen molar-refractivity contribution in [2.75, 3.05) is 6.54 Å². The van der Waals surface area contributed by atoms with Crippen molar-refractivity contribution in [3.63, 3.8) is 0 Å². The summed E-state index contributed by atoms with van der Waals surface area (Å²) in [6.45, 7) is 3.54. The zero-order valence-corrected chi connectivity index (χ0v) is 5.89. The maximum absolute atomic E-state index is 10.3. The van der Waals surface area contributed by atoms with Crippen molar-refractivity contribution in [3.8, 4) is 0 Å². The Morgan fingerprint density at radius 1 is 1.67 bits per heavy atom. The lowest BCUT2D eigenvalue weighted by molar-refractivity contribution is -0.145. The van der Waals surface area contributed by atoms with Gasteiger partial charge in [-0.3, -0.25) is 4.79 Å². The van der Waals surface area contributed by atoms with Gasteiger partial charge < -0.3 is 16.6 Å². The van der Waals surface area contributed by atoms with Crippen LogP contribution in [0.1, 0.15) is 13.8 Å². The minimum absolute atomic E-state index is 0. The molecule has 0 bridgehead atoms. The first kappa shape index (κ1) is 11.2. The summed E-state index contributed by atoms with van der Waals surface area (Å²) < 4.78 is 4.64. The molecule has 0 aromatic rings. The first-order valence-electron chi connectivity index (χ1n) is 2.56. The van der Waals surface area contributed by atoms with Gasteiger partial charge >= 0.3 is 5.97 Å². The Morgan fingerprint density at radius 2 is 2.11 bits per heavy atom. The second-order valence-electron chi connectivity index (χ2n) is 1.74. The SMILES string of the molecule is CC(C)OC(=O)CN.N. The van der Waals surface area contributed by atoms with Gasteiger partial charge in [-0.1, -0.05) is 0 Å². The van der Waals surface area contributed by atoms with E-state index >= 15 is 0 Å². The molecule has 0 unspecified atom stereocenters. The summed E-state index contributed by atoms with van der Waals surface area (Å²) in [5.74, 6) is -0.347. The van der Waals surface area contributed by atoms with Crippen molar-refractivity contribution < 1.29 is 9.53 Å². The minimum Gasteiger partial charge on any atom is -0.462 e. The van der Waals surface area contributed by atoms with Crippen LogP contribution in [-0.4, -0.2) is 18.6 Å². The van der Waals surface area contributed by atoms with Crippen LogP contribution in [0.5, 0.6) is 0 Å². The molecule has 0 saturated carbocycles.